The topological polar surface area (TPSA) is 100 Å². The zero-order chi connectivity index (χ0) is 14.5. The minimum Gasteiger partial charge on any atom is -0.478 e. The summed E-state index contributed by atoms with van der Waals surface area (Å²) in [5, 5.41) is 18.8. The highest BCUT2D eigenvalue weighted by Gasteiger charge is 2.06. The van der Waals surface area contributed by atoms with Gasteiger partial charge in [0.2, 0.25) is 0 Å². The number of carbonyl (C=O) groups is 2. The Bertz CT molecular complexity index is 577. The molecule has 22 heavy (non-hydrogen) atoms. The molecule has 0 saturated heterocycles. The number of rotatable bonds is 5. The minimum absolute atomic E-state index is 0. The lowest BCUT2D eigenvalue weighted by Crippen LogP contribution is -1.96. The molecule has 2 aromatic heterocycles. The van der Waals surface area contributed by atoms with E-state index in [1.807, 2.05) is 0 Å². The van der Waals surface area contributed by atoms with Gasteiger partial charge in [-0.25, -0.2) is 19.6 Å². The summed E-state index contributed by atoms with van der Waals surface area (Å²) in [5.74, 6) is -2.04. The van der Waals surface area contributed by atoms with E-state index in [0.717, 1.165) is 0 Å². The molecular formula is C12H12N2O4S4. The van der Waals surface area contributed by atoms with E-state index in [1.165, 1.54) is 46.1 Å². The summed E-state index contributed by atoms with van der Waals surface area (Å²) in [5.41, 5.74) is 0.256. The first-order valence-electron chi connectivity index (χ1n) is 5.29. The third kappa shape index (κ3) is 5.79. The Hall–Kier alpha value is -1.36. The minimum atomic E-state index is -1.02. The molecule has 0 saturated carbocycles. The second-order valence-corrected chi connectivity index (χ2v) is 5.72. The molecular weight excluding hydrogens is 364 g/mol. The number of carboxylic acids is 2. The van der Waals surface area contributed by atoms with Gasteiger partial charge in [0.1, 0.15) is 10.1 Å². The molecule has 0 aliphatic carbocycles. The van der Waals surface area contributed by atoms with Gasteiger partial charge in [0.15, 0.2) is 0 Å². The van der Waals surface area contributed by atoms with Crippen LogP contribution in [0, 0.1) is 0 Å². The van der Waals surface area contributed by atoms with Crippen molar-refractivity contribution in [3.8, 4) is 0 Å². The molecule has 0 amide bonds. The van der Waals surface area contributed by atoms with Crippen LogP contribution in [0.2, 0.25) is 0 Å². The molecule has 2 rings (SSSR count). The van der Waals surface area contributed by atoms with Crippen molar-refractivity contribution in [3.63, 3.8) is 0 Å². The van der Waals surface area contributed by atoms with E-state index < -0.39 is 11.9 Å². The maximum absolute atomic E-state index is 10.7. The van der Waals surface area contributed by atoms with Gasteiger partial charge in [-0.05, 0) is 45.9 Å². The number of pyridine rings is 2. The van der Waals surface area contributed by atoms with E-state index in [-0.39, 0.29) is 38.1 Å². The molecule has 0 spiro atoms. The van der Waals surface area contributed by atoms with Crippen LogP contribution in [0.4, 0.5) is 0 Å². The SMILES string of the molecule is O=C(O)c1ccc(SSc2ccc(C(=O)O)cn2)nc1.S.S. The van der Waals surface area contributed by atoms with Gasteiger partial charge in [0.25, 0.3) is 0 Å². The van der Waals surface area contributed by atoms with Crippen molar-refractivity contribution in [2.75, 3.05) is 0 Å². The first kappa shape index (κ1) is 20.6. The van der Waals surface area contributed by atoms with E-state index >= 15 is 0 Å². The van der Waals surface area contributed by atoms with Crippen LogP contribution in [0.5, 0.6) is 0 Å². The summed E-state index contributed by atoms with van der Waals surface area (Å²) in [7, 11) is 2.62. The van der Waals surface area contributed by atoms with Crippen molar-refractivity contribution in [2.24, 2.45) is 0 Å². The average molecular weight is 377 g/mol. The van der Waals surface area contributed by atoms with Gasteiger partial charge in [0, 0.05) is 12.4 Å². The van der Waals surface area contributed by atoms with Crippen LogP contribution in [-0.4, -0.2) is 32.1 Å². The number of carboxylic acid groups (broad SMARTS) is 2. The number of hydrogen-bond donors (Lipinski definition) is 2. The Kier molecular flexibility index (Phi) is 9.02. The van der Waals surface area contributed by atoms with Crippen molar-refractivity contribution in [1.29, 1.82) is 0 Å². The number of aromatic nitrogens is 2. The van der Waals surface area contributed by atoms with Gasteiger partial charge in [-0.15, -0.1) is 0 Å². The lowest BCUT2D eigenvalue weighted by atomic mass is 10.3. The van der Waals surface area contributed by atoms with E-state index in [0.29, 0.717) is 10.1 Å². The number of aromatic carboxylic acids is 2. The molecule has 0 radical (unpaired) electrons. The highest BCUT2D eigenvalue weighted by molar-refractivity contribution is 8.76. The highest BCUT2D eigenvalue weighted by Crippen LogP contribution is 2.34. The van der Waals surface area contributed by atoms with Crippen molar-refractivity contribution in [1.82, 2.24) is 9.97 Å². The van der Waals surface area contributed by atoms with Gasteiger partial charge in [-0.1, -0.05) is 0 Å². The Morgan fingerprint density at radius 1 is 0.773 bits per heavy atom. The molecule has 0 unspecified atom stereocenters. The molecule has 0 atom stereocenters. The van der Waals surface area contributed by atoms with E-state index in [9.17, 15) is 9.59 Å². The Balaban J connectivity index is 0.00000220. The van der Waals surface area contributed by atoms with E-state index in [2.05, 4.69) is 9.97 Å². The second-order valence-electron chi connectivity index (χ2n) is 3.55. The maximum Gasteiger partial charge on any atom is 0.337 e. The second kappa shape index (κ2) is 9.62. The van der Waals surface area contributed by atoms with E-state index in [1.54, 1.807) is 12.1 Å². The zero-order valence-electron chi connectivity index (χ0n) is 10.9. The molecule has 10 heteroatoms. The fourth-order valence-corrected chi connectivity index (χ4v) is 2.91. The third-order valence-electron chi connectivity index (χ3n) is 2.18. The molecule has 0 aliphatic rings. The third-order valence-corrected chi connectivity index (χ3v) is 4.36. The standard InChI is InChI=1S/C12H8N2O4S2.2H2S/c15-11(16)7-1-3-9(13-5-7)19-20-10-4-2-8(6-14-10)12(17)18;;/h1-6H,(H,15,16)(H,17,18);2*1H2. The lowest BCUT2D eigenvalue weighted by Gasteiger charge is -2.01. The van der Waals surface area contributed by atoms with Crippen LogP contribution >= 0.6 is 48.6 Å². The monoisotopic (exact) mass is 376 g/mol. The smallest absolute Gasteiger partial charge is 0.337 e. The summed E-state index contributed by atoms with van der Waals surface area (Å²) in [6, 6.07) is 6.15. The molecule has 118 valence electrons. The van der Waals surface area contributed by atoms with Gasteiger partial charge in [-0.2, -0.15) is 27.0 Å². The highest BCUT2D eigenvalue weighted by atomic mass is 33.1. The lowest BCUT2D eigenvalue weighted by molar-refractivity contribution is 0.0685. The Morgan fingerprint density at radius 2 is 1.14 bits per heavy atom. The fraction of sp³-hybridized carbons (Fsp3) is 0. The van der Waals surface area contributed by atoms with Crippen LogP contribution < -0.4 is 0 Å². The summed E-state index contributed by atoms with van der Waals surface area (Å²) < 4.78 is 0. The molecule has 2 heterocycles. The van der Waals surface area contributed by atoms with Crippen LogP contribution in [0.15, 0.2) is 46.7 Å². The predicted octanol–water partition coefficient (Wildman–Crippen LogP) is 2.90. The van der Waals surface area contributed by atoms with Crippen LogP contribution in [0.1, 0.15) is 20.7 Å². The quantitative estimate of drug-likeness (QED) is 0.768. The van der Waals surface area contributed by atoms with Crippen LogP contribution in [0.3, 0.4) is 0 Å². The number of hydrogen-bond acceptors (Lipinski definition) is 6. The summed E-state index contributed by atoms with van der Waals surface area (Å²) in [6.45, 7) is 0. The van der Waals surface area contributed by atoms with Crippen molar-refractivity contribution < 1.29 is 19.8 Å². The normalized spacial score (nSPS) is 9.27. The molecule has 6 nitrogen and oxygen atoms in total. The average Bonchev–Trinajstić information content (AvgIpc) is 2.46. The first-order chi connectivity index (χ1) is 9.56. The predicted molar refractivity (Wildman–Crippen MR) is 94.9 cm³/mol. The molecule has 0 aromatic carbocycles. The van der Waals surface area contributed by atoms with E-state index in [4.69, 9.17) is 10.2 Å². The Morgan fingerprint density at radius 3 is 1.36 bits per heavy atom. The Labute approximate surface area is 148 Å². The van der Waals surface area contributed by atoms with Gasteiger partial charge >= 0.3 is 11.9 Å². The summed E-state index contributed by atoms with van der Waals surface area (Å²) in [6.07, 6.45) is 2.57. The first-order valence-corrected chi connectivity index (χ1v) is 7.44. The van der Waals surface area contributed by atoms with Crippen LogP contribution in [-0.2, 0) is 0 Å². The zero-order valence-corrected chi connectivity index (χ0v) is 14.5. The number of nitrogens with zero attached hydrogens (tertiary/aromatic N) is 2. The van der Waals surface area contributed by atoms with Gasteiger partial charge < -0.3 is 10.2 Å². The maximum atomic E-state index is 10.7. The summed E-state index contributed by atoms with van der Waals surface area (Å²) >= 11 is 0. The van der Waals surface area contributed by atoms with Gasteiger partial charge in [0.05, 0.1) is 11.1 Å². The van der Waals surface area contributed by atoms with Crippen LogP contribution in [0.25, 0.3) is 0 Å². The fourth-order valence-electron chi connectivity index (χ4n) is 1.20. The molecule has 0 bridgehead atoms. The molecule has 0 aliphatic heterocycles. The molecule has 2 N–H and O–H groups in total. The van der Waals surface area contributed by atoms with Crippen molar-refractivity contribution >= 4 is 60.5 Å². The summed E-state index contributed by atoms with van der Waals surface area (Å²) in [4.78, 5) is 29.3. The molecule has 0 fully saturated rings. The van der Waals surface area contributed by atoms with Crippen molar-refractivity contribution in [3.05, 3.63) is 47.8 Å². The van der Waals surface area contributed by atoms with Crippen molar-refractivity contribution in [2.45, 2.75) is 10.1 Å². The largest absolute Gasteiger partial charge is 0.478 e. The molecule has 2 aromatic rings. The van der Waals surface area contributed by atoms with Gasteiger partial charge in [-0.3, -0.25) is 0 Å².